The summed E-state index contributed by atoms with van der Waals surface area (Å²) in [5.41, 5.74) is 2.63. The normalized spacial score (nSPS) is 17.8. The first-order chi connectivity index (χ1) is 13.5. The van der Waals surface area contributed by atoms with Crippen LogP contribution in [0.1, 0.15) is 24.1 Å². The Labute approximate surface area is 176 Å². The summed E-state index contributed by atoms with van der Waals surface area (Å²) < 4.78 is 28.4. The first-order valence-electron chi connectivity index (χ1n) is 9.43. The number of pyridine rings is 1. The lowest BCUT2D eigenvalue weighted by atomic mass is 10.0. The van der Waals surface area contributed by atoms with Crippen LogP contribution >= 0.6 is 12.4 Å². The van der Waals surface area contributed by atoms with Crippen LogP contribution in [0.4, 0.5) is 0 Å². The number of rotatable bonds is 4. The molecule has 0 radical (unpaired) electrons. The molecule has 1 fully saturated rings. The predicted molar refractivity (Wildman–Crippen MR) is 117 cm³/mol. The van der Waals surface area contributed by atoms with Crippen LogP contribution in [-0.4, -0.2) is 37.3 Å². The lowest BCUT2D eigenvalue weighted by Gasteiger charge is -2.35. The van der Waals surface area contributed by atoms with Gasteiger partial charge in [-0.25, -0.2) is 8.42 Å². The fourth-order valence-corrected chi connectivity index (χ4v) is 5.31. The molecule has 1 atom stereocenters. The first kappa shape index (κ1) is 21.5. The van der Waals surface area contributed by atoms with Crippen molar-refractivity contribution in [1.82, 2.24) is 14.6 Å². The van der Waals surface area contributed by atoms with Gasteiger partial charge in [0.05, 0.1) is 10.9 Å². The zero-order chi connectivity index (χ0) is 19.7. The maximum absolute atomic E-state index is 13.4. The maximum atomic E-state index is 13.4. The molecule has 1 saturated heterocycles. The Balaban J connectivity index is 0.00000240. The van der Waals surface area contributed by atoms with Crippen molar-refractivity contribution in [3.8, 4) is 0 Å². The summed E-state index contributed by atoms with van der Waals surface area (Å²) in [6.45, 7) is 3.70. The number of nitrogens with one attached hydrogen (secondary N) is 2. The molecule has 4 rings (SSSR count). The van der Waals surface area contributed by atoms with Crippen molar-refractivity contribution in [3.05, 3.63) is 76.1 Å². The molecule has 1 aromatic heterocycles. The number of hydrogen-bond donors (Lipinski definition) is 2. The van der Waals surface area contributed by atoms with Crippen molar-refractivity contribution in [2.24, 2.45) is 0 Å². The quantitative estimate of drug-likeness (QED) is 0.662. The molecule has 2 N–H and O–H groups in total. The summed E-state index contributed by atoms with van der Waals surface area (Å²) in [6, 6.07) is 15.8. The van der Waals surface area contributed by atoms with Crippen LogP contribution in [0.5, 0.6) is 0 Å². The molecule has 0 amide bonds. The summed E-state index contributed by atoms with van der Waals surface area (Å²) >= 11 is 0. The third kappa shape index (κ3) is 4.23. The fraction of sp³-hybridized carbons (Fsp3) is 0.286. The van der Waals surface area contributed by atoms with Crippen LogP contribution in [0, 0.1) is 0 Å². The van der Waals surface area contributed by atoms with Crippen LogP contribution in [0.15, 0.2) is 64.3 Å². The predicted octanol–water partition coefficient (Wildman–Crippen LogP) is 2.85. The minimum atomic E-state index is -3.68. The summed E-state index contributed by atoms with van der Waals surface area (Å²) in [5.74, 6) is 0. The SMILES string of the molecule is CCc1ccc(C2CNCCN2S(=O)(=O)c2ccc3[nH]c(=O)ccc3c2)cc1.Cl. The minimum Gasteiger partial charge on any atom is -0.322 e. The zero-order valence-electron chi connectivity index (χ0n) is 16.1. The molecule has 0 saturated carbocycles. The van der Waals surface area contributed by atoms with Gasteiger partial charge in [-0.2, -0.15) is 4.31 Å². The fourth-order valence-electron chi connectivity index (χ4n) is 3.66. The molecule has 3 aromatic rings. The topological polar surface area (TPSA) is 82.3 Å². The Hall–Kier alpha value is -2.19. The Morgan fingerprint density at radius 3 is 2.55 bits per heavy atom. The van der Waals surface area contributed by atoms with Gasteiger partial charge in [-0.1, -0.05) is 31.2 Å². The van der Waals surface area contributed by atoms with E-state index in [-0.39, 0.29) is 28.9 Å². The van der Waals surface area contributed by atoms with Gasteiger partial charge in [-0.3, -0.25) is 4.79 Å². The number of piperazine rings is 1. The lowest BCUT2D eigenvalue weighted by Crippen LogP contribution is -2.48. The van der Waals surface area contributed by atoms with E-state index in [1.807, 2.05) is 12.1 Å². The highest BCUT2D eigenvalue weighted by Gasteiger charge is 2.34. The van der Waals surface area contributed by atoms with Crippen LogP contribution in [-0.2, 0) is 16.4 Å². The summed E-state index contributed by atoms with van der Waals surface area (Å²) in [6.07, 6.45) is 0.949. The second kappa shape index (κ2) is 8.67. The maximum Gasteiger partial charge on any atom is 0.248 e. The molecule has 0 bridgehead atoms. The van der Waals surface area contributed by atoms with Gasteiger partial charge in [0.1, 0.15) is 0 Å². The Bertz CT molecular complexity index is 1160. The average molecular weight is 434 g/mol. The smallest absolute Gasteiger partial charge is 0.248 e. The summed E-state index contributed by atoms with van der Waals surface area (Å²) in [7, 11) is -3.68. The third-order valence-electron chi connectivity index (χ3n) is 5.27. The molecule has 1 aliphatic heterocycles. The molecule has 1 unspecified atom stereocenters. The van der Waals surface area contributed by atoms with E-state index in [0.29, 0.717) is 30.5 Å². The van der Waals surface area contributed by atoms with Gasteiger partial charge in [0.15, 0.2) is 0 Å². The monoisotopic (exact) mass is 433 g/mol. The van der Waals surface area contributed by atoms with Gasteiger partial charge in [0.2, 0.25) is 15.6 Å². The molecular formula is C21H24ClN3O3S. The molecule has 154 valence electrons. The number of aromatic amines is 1. The van der Waals surface area contributed by atoms with Gasteiger partial charge in [-0.15, -0.1) is 12.4 Å². The van der Waals surface area contributed by atoms with Crippen molar-refractivity contribution < 1.29 is 8.42 Å². The van der Waals surface area contributed by atoms with Crippen LogP contribution in [0.3, 0.4) is 0 Å². The molecule has 29 heavy (non-hydrogen) atoms. The highest BCUT2D eigenvalue weighted by Crippen LogP contribution is 2.30. The van der Waals surface area contributed by atoms with Crippen LogP contribution < -0.4 is 10.9 Å². The van der Waals surface area contributed by atoms with E-state index in [4.69, 9.17) is 0 Å². The molecule has 8 heteroatoms. The molecule has 6 nitrogen and oxygen atoms in total. The molecule has 0 aliphatic carbocycles. The van der Waals surface area contributed by atoms with Crippen LogP contribution in [0.25, 0.3) is 10.9 Å². The summed E-state index contributed by atoms with van der Waals surface area (Å²) in [5, 5.41) is 4.00. The number of nitrogens with zero attached hydrogens (tertiary/aromatic N) is 1. The van der Waals surface area contributed by atoms with Crippen molar-refractivity contribution in [1.29, 1.82) is 0 Å². The van der Waals surface area contributed by atoms with Crippen molar-refractivity contribution in [3.63, 3.8) is 0 Å². The standard InChI is InChI=1S/C21H23N3O3S.ClH/c1-2-15-3-5-16(6-4-15)20-14-22-11-12-24(20)28(26,27)18-8-9-19-17(13-18)7-10-21(25)23-19;/h3-10,13,20,22H,2,11-12,14H2,1H3,(H,23,25);1H. The Kier molecular flexibility index (Phi) is 6.43. The molecule has 2 heterocycles. The average Bonchev–Trinajstić information content (AvgIpc) is 2.73. The number of halogens is 1. The van der Waals surface area contributed by atoms with E-state index in [0.717, 1.165) is 12.0 Å². The number of benzene rings is 2. The summed E-state index contributed by atoms with van der Waals surface area (Å²) in [4.78, 5) is 14.4. The van der Waals surface area contributed by atoms with Gasteiger partial charge < -0.3 is 10.3 Å². The highest BCUT2D eigenvalue weighted by molar-refractivity contribution is 7.89. The number of aryl methyl sites for hydroxylation is 1. The van der Waals surface area contributed by atoms with E-state index < -0.39 is 10.0 Å². The van der Waals surface area contributed by atoms with Crippen molar-refractivity contribution in [2.75, 3.05) is 19.6 Å². The van der Waals surface area contributed by atoms with E-state index in [9.17, 15) is 13.2 Å². The molecule has 0 spiro atoms. The lowest BCUT2D eigenvalue weighted by molar-refractivity contribution is 0.271. The van der Waals surface area contributed by atoms with Gasteiger partial charge in [-0.05, 0) is 47.2 Å². The van der Waals surface area contributed by atoms with Crippen molar-refractivity contribution in [2.45, 2.75) is 24.3 Å². The van der Waals surface area contributed by atoms with Crippen LogP contribution in [0.2, 0.25) is 0 Å². The Morgan fingerprint density at radius 1 is 1.07 bits per heavy atom. The number of sulfonamides is 1. The van der Waals surface area contributed by atoms with E-state index in [2.05, 4.69) is 29.4 Å². The van der Waals surface area contributed by atoms with E-state index in [1.165, 1.54) is 11.6 Å². The largest absolute Gasteiger partial charge is 0.322 e. The minimum absolute atomic E-state index is 0. The highest BCUT2D eigenvalue weighted by atomic mass is 35.5. The molecule has 1 aliphatic rings. The third-order valence-corrected chi connectivity index (χ3v) is 7.17. The Morgan fingerprint density at radius 2 is 1.83 bits per heavy atom. The number of H-pyrrole nitrogens is 1. The first-order valence-corrected chi connectivity index (χ1v) is 10.9. The van der Waals surface area contributed by atoms with Gasteiger partial charge in [0, 0.05) is 31.2 Å². The molecular weight excluding hydrogens is 410 g/mol. The van der Waals surface area contributed by atoms with Gasteiger partial charge in [0.25, 0.3) is 0 Å². The number of aromatic nitrogens is 1. The molecule has 2 aromatic carbocycles. The van der Waals surface area contributed by atoms with Crippen molar-refractivity contribution >= 4 is 33.3 Å². The van der Waals surface area contributed by atoms with Gasteiger partial charge >= 0.3 is 0 Å². The second-order valence-corrected chi connectivity index (χ2v) is 8.89. The van der Waals surface area contributed by atoms with E-state index in [1.54, 1.807) is 28.6 Å². The zero-order valence-corrected chi connectivity index (χ0v) is 17.7. The van der Waals surface area contributed by atoms with E-state index >= 15 is 0 Å². The number of hydrogen-bond acceptors (Lipinski definition) is 4. The number of fused-ring (bicyclic) bond motifs is 1. The second-order valence-electron chi connectivity index (χ2n) is 7.00.